The SMILES string of the molecule is COCCNC(=O)C(C)NC(=O)NC1CCC1. The molecule has 3 amide bonds. The number of amides is 3. The summed E-state index contributed by atoms with van der Waals surface area (Å²) < 4.78 is 4.81. The summed E-state index contributed by atoms with van der Waals surface area (Å²) in [5.74, 6) is -0.203. The molecule has 0 saturated heterocycles. The minimum absolute atomic E-state index is 0.203. The van der Waals surface area contributed by atoms with Crippen LogP contribution in [0, 0.1) is 0 Å². The second-order valence-electron chi connectivity index (χ2n) is 4.25. The van der Waals surface area contributed by atoms with Gasteiger partial charge in [-0.3, -0.25) is 4.79 Å². The van der Waals surface area contributed by atoms with Crippen LogP contribution in [-0.4, -0.2) is 44.3 Å². The normalized spacial score (nSPS) is 16.8. The molecule has 1 aliphatic carbocycles. The molecule has 1 atom stereocenters. The predicted molar refractivity (Wildman–Crippen MR) is 63.7 cm³/mol. The Balaban J connectivity index is 2.15. The number of hydrogen-bond donors (Lipinski definition) is 3. The Hall–Kier alpha value is -1.30. The number of methoxy groups -OCH3 is 1. The lowest BCUT2D eigenvalue weighted by Gasteiger charge is -2.27. The molecule has 0 aromatic rings. The first-order valence-electron chi connectivity index (χ1n) is 5.97. The van der Waals surface area contributed by atoms with Gasteiger partial charge in [-0.15, -0.1) is 0 Å². The van der Waals surface area contributed by atoms with E-state index in [1.54, 1.807) is 14.0 Å². The van der Waals surface area contributed by atoms with E-state index in [9.17, 15) is 9.59 Å². The van der Waals surface area contributed by atoms with E-state index >= 15 is 0 Å². The van der Waals surface area contributed by atoms with Crippen molar-refractivity contribution < 1.29 is 14.3 Å². The van der Waals surface area contributed by atoms with Crippen molar-refractivity contribution >= 4 is 11.9 Å². The van der Waals surface area contributed by atoms with Crippen LogP contribution in [0.2, 0.25) is 0 Å². The van der Waals surface area contributed by atoms with Crippen LogP contribution in [0.25, 0.3) is 0 Å². The molecule has 6 nitrogen and oxygen atoms in total. The van der Waals surface area contributed by atoms with Gasteiger partial charge in [0.15, 0.2) is 0 Å². The monoisotopic (exact) mass is 243 g/mol. The highest BCUT2D eigenvalue weighted by Crippen LogP contribution is 2.17. The largest absolute Gasteiger partial charge is 0.383 e. The molecule has 1 aliphatic rings. The molecular weight excluding hydrogens is 222 g/mol. The van der Waals surface area contributed by atoms with Crippen LogP contribution in [0.3, 0.4) is 0 Å². The van der Waals surface area contributed by atoms with Crippen molar-refractivity contribution in [2.24, 2.45) is 0 Å². The molecule has 1 unspecified atom stereocenters. The van der Waals surface area contributed by atoms with E-state index in [0.717, 1.165) is 19.3 Å². The first-order valence-corrected chi connectivity index (χ1v) is 5.97. The average Bonchev–Trinajstić information content (AvgIpc) is 2.23. The molecule has 0 radical (unpaired) electrons. The van der Waals surface area contributed by atoms with Gasteiger partial charge in [-0.05, 0) is 26.2 Å². The van der Waals surface area contributed by atoms with Crippen LogP contribution < -0.4 is 16.0 Å². The zero-order chi connectivity index (χ0) is 12.7. The smallest absolute Gasteiger partial charge is 0.315 e. The highest BCUT2D eigenvalue weighted by atomic mass is 16.5. The van der Waals surface area contributed by atoms with Gasteiger partial charge in [0.25, 0.3) is 0 Å². The van der Waals surface area contributed by atoms with Gasteiger partial charge in [0.1, 0.15) is 6.04 Å². The Morgan fingerprint density at radius 1 is 1.41 bits per heavy atom. The summed E-state index contributed by atoms with van der Waals surface area (Å²) in [6.45, 7) is 2.57. The van der Waals surface area contributed by atoms with E-state index < -0.39 is 6.04 Å². The van der Waals surface area contributed by atoms with E-state index in [-0.39, 0.29) is 18.0 Å². The lowest BCUT2D eigenvalue weighted by atomic mass is 9.93. The molecule has 0 aromatic heterocycles. The molecule has 6 heteroatoms. The maximum absolute atomic E-state index is 11.5. The zero-order valence-electron chi connectivity index (χ0n) is 10.4. The number of carbonyl (C=O) groups is 2. The number of carbonyl (C=O) groups excluding carboxylic acids is 2. The Bertz CT molecular complexity index is 267. The average molecular weight is 243 g/mol. The molecule has 0 bridgehead atoms. The number of hydrogen-bond acceptors (Lipinski definition) is 3. The van der Waals surface area contributed by atoms with Gasteiger partial charge in [-0.25, -0.2) is 4.79 Å². The van der Waals surface area contributed by atoms with Gasteiger partial charge < -0.3 is 20.7 Å². The summed E-state index contributed by atoms with van der Waals surface area (Å²) in [7, 11) is 1.57. The van der Waals surface area contributed by atoms with Gasteiger partial charge in [0.2, 0.25) is 5.91 Å². The second kappa shape index (κ2) is 7.11. The molecule has 17 heavy (non-hydrogen) atoms. The molecule has 0 spiro atoms. The summed E-state index contributed by atoms with van der Waals surface area (Å²) in [6, 6.07) is -0.533. The first-order chi connectivity index (χ1) is 8.13. The number of rotatable bonds is 6. The molecule has 0 heterocycles. The first kappa shape index (κ1) is 13.8. The predicted octanol–water partition coefficient (Wildman–Crippen LogP) is -0.0108. The van der Waals surface area contributed by atoms with E-state index in [0.29, 0.717) is 13.2 Å². The third-order valence-corrected chi connectivity index (χ3v) is 2.79. The number of nitrogens with one attached hydrogen (secondary N) is 3. The molecule has 1 saturated carbocycles. The number of urea groups is 1. The maximum Gasteiger partial charge on any atom is 0.315 e. The van der Waals surface area contributed by atoms with Crippen molar-refractivity contribution in [2.75, 3.05) is 20.3 Å². The fraction of sp³-hybridized carbons (Fsp3) is 0.818. The Kier molecular flexibility index (Phi) is 5.76. The van der Waals surface area contributed by atoms with E-state index in [1.807, 2.05) is 0 Å². The van der Waals surface area contributed by atoms with Gasteiger partial charge in [-0.2, -0.15) is 0 Å². The maximum atomic E-state index is 11.5. The molecule has 0 aliphatic heterocycles. The Labute approximate surface area is 101 Å². The topological polar surface area (TPSA) is 79.5 Å². The third kappa shape index (κ3) is 5.04. The van der Waals surface area contributed by atoms with Crippen molar-refractivity contribution in [2.45, 2.75) is 38.3 Å². The van der Waals surface area contributed by atoms with Gasteiger partial charge in [0, 0.05) is 19.7 Å². The minimum atomic E-state index is -0.535. The van der Waals surface area contributed by atoms with E-state index in [4.69, 9.17) is 4.74 Å². The molecule has 0 aromatic carbocycles. The second-order valence-corrected chi connectivity index (χ2v) is 4.25. The zero-order valence-corrected chi connectivity index (χ0v) is 10.4. The van der Waals surface area contributed by atoms with Crippen LogP contribution in [0.15, 0.2) is 0 Å². The fourth-order valence-electron chi connectivity index (χ4n) is 1.47. The summed E-state index contributed by atoms with van der Waals surface area (Å²) in [6.07, 6.45) is 3.22. The van der Waals surface area contributed by atoms with Crippen molar-refractivity contribution in [3.63, 3.8) is 0 Å². The highest BCUT2D eigenvalue weighted by molar-refractivity contribution is 5.86. The standard InChI is InChI=1S/C11H21N3O3/c1-8(10(15)12-6-7-17-2)13-11(16)14-9-4-3-5-9/h8-9H,3-7H2,1-2H3,(H,12,15)(H2,13,14,16). The van der Waals surface area contributed by atoms with Crippen LogP contribution in [-0.2, 0) is 9.53 Å². The van der Waals surface area contributed by atoms with Crippen molar-refractivity contribution in [3.8, 4) is 0 Å². The van der Waals surface area contributed by atoms with Crippen LogP contribution >= 0.6 is 0 Å². The quantitative estimate of drug-likeness (QED) is 0.574. The summed E-state index contributed by atoms with van der Waals surface area (Å²) in [5, 5.41) is 8.08. The van der Waals surface area contributed by atoms with Crippen LogP contribution in [0.1, 0.15) is 26.2 Å². The minimum Gasteiger partial charge on any atom is -0.383 e. The Morgan fingerprint density at radius 2 is 2.12 bits per heavy atom. The molecule has 98 valence electrons. The van der Waals surface area contributed by atoms with Gasteiger partial charge in [-0.1, -0.05) is 0 Å². The van der Waals surface area contributed by atoms with Gasteiger partial charge in [0.05, 0.1) is 6.61 Å². The molecule has 1 fully saturated rings. The Morgan fingerprint density at radius 3 is 2.65 bits per heavy atom. The van der Waals surface area contributed by atoms with Crippen molar-refractivity contribution in [1.29, 1.82) is 0 Å². The van der Waals surface area contributed by atoms with E-state index in [1.165, 1.54) is 0 Å². The fourth-order valence-corrected chi connectivity index (χ4v) is 1.47. The van der Waals surface area contributed by atoms with Crippen LogP contribution in [0.4, 0.5) is 4.79 Å². The lowest BCUT2D eigenvalue weighted by molar-refractivity contribution is -0.122. The molecule has 3 N–H and O–H groups in total. The lowest BCUT2D eigenvalue weighted by Crippen LogP contribution is -2.52. The highest BCUT2D eigenvalue weighted by Gasteiger charge is 2.21. The summed E-state index contributed by atoms with van der Waals surface area (Å²) in [4.78, 5) is 23.0. The van der Waals surface area contributed by atoms with Gasteiger partial charge >= 0.3 is 6.03 Å². The summed E-state index contributed by atoms with van der Waals surface area (Å²) >= 11 is 0. The van der Waals surface area contributed by atoms with Crippen LogP contribution in [0.5, 0.6) is 0 Å². The summed E-state index contributed by atoms with van der Waals surface area (Å²) in [5.41, 5.74) is 0. The molecule has 1 rings (SSSR count). The third-order valence-electron chi connectivity index (χ3n) is 2.79. The van der Waals surface area contributed by atoms with Crippen molar-refractivity contribution in [3.05, 3.63) is 0 Å². The van der Waals surface area contributed by atoms with Crippen molar-refractivity contribution in [1.82, 2.24) is 16.0 Å². The number of ether oxygens (including phenoxy) is 1. The van der Waals surface area contributed by atoms with E-state index in [2.05, 4.69) is 16.0 Å². The molecular formula is C11H21N3O3.